The van der Waals surface area contributed by atoms with Crippen LogP contribution >= 0.6 is 34.3 Å². The summed E-state index contributed by atoms with van der Waals surface area (Å²) in [4.78, 5) is 23.2. The predicted octanol–water partition coefficient (Wildman–Crippen LogP) is 2.76. The minimum atomic E-state index is -0.221. The van der Waals surface area contributed by atoms with Gasteiger partial charge in [-0.05, 0) is 11.6 Å². The quantitative estimate of drug-likeness (QED) is 0.691. The fourth-order valence-electron chi connectivity index (χ4n) is 1.44. The first-order valence-corrected chi connectivity index (χ1v) is 6.46. The van der Waals surface area contributed by atoms with Gasteiger partial charge in [0.2, 0.25) is 5.28 Å². The van der Waals surface area contributed by atoms with Crippen molar-refractivity contribution in [3.05, 3.63) is 32.6 Å². The lowest BCUT2D eigenvalue weighted by molar-refractivity contribution is 1.18. The molecule has 0 saturated heterocycles. The lowest BCUT2D eigenvalue weighted by atomic mass is 10.2. The topological polar surface area (TPSA) is 58.6 Å². The average Bonchev–Trinajstić information content (AvgIpc) is 2.82. The minimum Gasteiger partial charge on any atom is -0.297 e. The maximum Gasteiger partial charge on any atom is 0.261 e. The molecular formula is C9H4ClN3OS2. The summed E-state index contributed by atoms with van der Waals surface area (Å²) in [6.45, 7) is 0. The van der Waals surface area contributed by atoms with Crippen molar-refractivity contribution in [2.75, 3.05) is 0 Å². The third-order valence-corrected chi connectivity index (χ3v) is 3.94. The van der Waals surface area contributed by atoms with Crippen LogP contribution in [-0.4, -0.2) is 15.0 Å². The standard InChI is InChI=1S/C9H4ClN3OS2/c10-9-12-6(14)5-4(3-16-8(5)13-9)7-11-1-2-15-7/h1-3H,(H,12,13,14). The van der Waals surface area contributed by atoms with Crippen LogP contribution in [0.1, 0.15) is 0 Å². The lowest BCUT2D eigenvalue weighted by Gasteiger charge is -1.93. The molecular weight excluding hydrogens is 266 g/mol. The van der Waals surface area contributed by atoms with E-state index in [1.165, 1.54) is 22.7 Å². The Morgan fingerprint density at radius 1 is 1.38 bits per heavy atom. The molecule has 0 atom stereocenters. The maximum absolute atomic E-state index is 11.8. The van der Waals surface area contributed by atoms with Gasteiger partial charge in [-0.15, -0.1) is 22.7 Å². The number of nitrogens with one attached hydrogen (secondary N) is 1. The van der Waals surface area contributed by atoms with E-state index in [0.717, 1.165) is 10.6 Å². The van der Waals surface area contributed by atoms with Crippen molar-refractivity contribution in [2.24, 2.45) is 0 Å². The smallest absolute Gasteiger partial charge is 0.261 e. The van der Waals surface area contributed by atoms with E-state index in [2.05, 4.69) is 15.0 Å². The molecule has 0 fully saturated rings. The molecule has 0 aliphatic heterocycles. The SMILES string of the molecule is O=c1[nH]c(Cl)nc2scc(-c3nccs3)c12. The summed E-state index contributed by atoms with van der Waals surface area (Å²) in [6.07, 6.45) is 1.71. The summed E-state index contributed by atoms with van der Waals surface area (Å²) in [5.74, 6) is 0. The van der Waals surface area contributed by atoms with E-state index in [0.29, 0.717) is 10.2 Å². The normalized spacial score (nSPS) is 11.1. The van der Waals surface area contributed by atoms with Crippen molar-refractivity contribution in [2.45, 2.75) is 0 Å². The first-order valence-electron chi connectivity index (χ1n) is 4.32. The van der Waals surface area contributed by atoms with Crippen LogP contribution in [0.4, 0.5) is 0 Å². The van der Waals surface area contributed by atoms with Crippen LogP contribution in [0.3, 0.4) is 0 Å². The van der Waals surface area contributed by atoms with Gasteiger partial charge in [0.25, 0.3) is 5.56 Å². The zero-order valence-corrected chi connectivity index (χ0v) is 10.1. The number of rotatable bonds is 1. The van der Waals surface area contributed by atoms with Crippen molar-refractivity contribution in [1.82, 2.24) is 15.0 Å². The summed E-state index contributed by atoms with van der Waals surface area (Å²) >= 11 is 8.57. The van der Waals surface area contributed by atoms with E-state index >= 15 is 0 Å². The van der Waals surface area contributed by atoms with Crippen LogP contribution in [-0.2, 0) is 0 Å². The first-order chi connectivity index (χ1) is 7.75. The van der Waals surface area contributed by atoms with Crippen LogP contribution in [0.2, 0.25) is 5.28 Å². The second-order valence-corrected chi connectivity index (χ2v) is 5.13. The highest BCUT2D eigenvalue weighted by Crippen LogP contribution is 2.31. The Labute approximate surface area is 103 Å². The van der Waals surface area contributed by atoms with Gasteiger partial charge in [0.05, 0.1) is 5.39 Å². The molecule has 3 rings (SSSR count). The Kier molecular flexibility index (Phi) is 2.27. The van der Waals surface area contributed by atoms with Crippen molar-refractivity contribution in [3.63, 3.8) is 0 Å². The largest absolute Gasteiger partial charge is 0.297 e. The van der Waals surface area contributed by atoms with Gasteiger partial charge in [-0.3, -0.25) is 9.78 Å². The third-order valence-electron chi connectivity index (χ3n) is 2.08. The molecule has 3 heterocycles. The van der Waals surface area contributed by atoms with Crippen LogP contribution in [0.25, 0.3) is 20.8 Å². The number of hydrogen-bond donors (Lipinski definition) is 1. The number of thiophene rings is 1. The number of halogens is 1. The molecule has 0 unspecified atom stereocenters. The molecule has 0 saturated carbocycles. The van der Waals surface area contributed by atoms with Gasteiger partial charge in [-0.25, -0.2) is 9.97 Å². The average molecular weight is 270 g/mol. The van der Waals surface area contributed by atoms with Crippen molar-refractivity contribution in [3.8, 4) is 10.6 Å². The molecule has 0 aromatic carbocycles. The highest BCUT2D eigenvalue weighted by molar-refractivity contribution is 7.18. The second-order valence-electron chi connectivity index (χ2n) is 3.02. The van der Waals surface area contributed by atoms with E-state index in [1.54, 1.807) is 6.20 Å². The fourth-order valence-corrected chi connectivity index (χ4v) is 3.32. The van der Waals surface area contributed by atoms with Gasteiger partial charge in [0.15, 0.2) is 0 Å². The predicted molar refractivity (Wildman–Crippen MR) is 66.4 cm³/mol. The molecule has 80 valence electrons. The Bertz CT molecular complexity index is 701. The molecule has 0 aliphatic rings. The van der Waals surface area contributed by atoms with E-state index in [9.17, 15) is 4.79 Å². The second kappa shape index (κ2) is 3.65. The molecule has 0 amide bonds. The van der Waals surface area contributed by atoms with Crippen molar-refractivity contribution in [1.29, 1.82) is 0 Å². The first kappa shape index (κ1) is 9.95. The van der Waals surface area contributed by atoms with Gasteiger partial charge in [-0.1, -0.05) is 0 Å². The Hall–Kier alpha value is -1.24. The summed E-state index contributed by atoms with van der Waals surface area (Å²) in [5, 5.41) is 5.24. The van der Waals surface area contributed by atoms with Gasteiger partial charge >= 0.3 is 0 Å². The monoisotopic (exact) mass is 269 g/mol. The number of aromatic amines is 1. The zero-order valence-electron chi connectivity index (χ0n) is 7.73. The molecule has 4 nitrogen and oxygen atoms in total. The number of fused-ring (bicyclic) bond motifs is 1. The van der Waals surface area contributed by atoms with Crippen LogP contribution < -0.4 is 5.56 Å². The number of H-pyrrole nitrogens is 1. The molecule has 7 heteroatoms. The van der Waals surface area contributed by atoms with E-state index < -0.39 is 0 Å². The molecule has 0 aliphatic carbocycles. The highest BCUT2D eigenvalue weighted by atomic mass is 35.5. The maximum atomic E-state index is 11.8. The molecule has 0 radical (unpaired) electrons. The van der Waals surface area contributed by atoms with Crippen LogP contribution in [0, 0.1) is 0 Å². The summed E-state index contributed by atoms with van der Waals surface area (Å²) in [7, 11) is 0. The Balaban J connectivity index is 2.41. The molecule has 0 bridgehead atoms. The zero-order chi connectivity index (χ0) is 11.1. The van der Waals surface area contributed by atoms with E-state index in [1.807, 2.05) is 10.8 Å². The molecule has 0 spiro atoms. The Morgan fingerprint density at radius 3 is 3.00 bits per heavy atom. The lowest BCUT2D eigenvalue weighted by Crippen LogP contribution is -2.06. The van der Waals surface area contributed by atoms with Crippen LogP contribution in [0.15, 0.2) is 21.8 Å². The minimum absolute atomic E-state index is 0.116. The number of aromatic nitrogens is 3. The van der Waals surface area contributed by atoms with Crippen molar-refractivity contribution >= 4 is 44.5 Å². The van der Waals surface area contributed by atoms with Gasteiger partial charge in [0.1, 0.15) is 9.84 Å². The molecule has 3 aromatic rings. The summed E-state index contributed by atoms with van der Waals surface area (Å²) in [5.41, 5.74) is 0.599. The van der Waals surface area contributed by atoms with Gasteiger partial charge in [0, 0.05) is 22.5 Å². The third kappa shape index (κ3) is 1.46. The highest BCUT2D eigenvalue weighted by Gasteiger charge is 2.13. The number of hydrogen-bond acceptors (Lipinski definition) is 5. The van der Waals surface area contributed by atoms with Crippen LogP contribution in [0.5, 0.6) is 0 Å². The van der Waals surface area contributed by atoms with E-state index in [4.69, 9.17) is 11.6 Å². The molecule has 1 N–H and O–H groups in total. The van der Waals surface area contributed by atoms with E-state index in [-0.39, 0.29) is 10.8 Å². The molecule has 16 heavy (non-hydrogen) atoms. The van der Waals surface area contributed by atoms with Crippen molar-refractivity contribution < 1.29 is 0 Å². The molecule has 3 aromatic heterocycles. The summed E-state index contributed by atoms with van der Waals surface area (Å²) < 4.78 is 0. The number of nitrogens with zero attached hydrogens (tertiary/aromatic N) is 2. The van der Waals surface area contributed by atoms with Gasteiger partial charge in [-0.2, -0.15) is 0 Å². The fraction of sp³-hybridized carbons (Fsp3) is 0. The Morgan fingerprint density at radius 2 is 2.25 bits per heavy atom. The number of thiazole rings is 1. The van der Waals surface area contributed by atoms with Gasteiger partial charge < -0.3 is 0 Å². The summed E-state index contributed by atoms with van der Waals surface area (Å²) in [6, 6.07) is 0.